The van der Waals surface area contributed by atoms with Gasteiger partial charge in [0.1, 0.15) is 0 Å². The zero-order chi connectivity index (χ0) is 10.0. The molecule has 14 heavy (non-hydrogen) atoms. The molecule has 78 valence electrons. The molecule has 0 amide bonds. The maximum Gasteiger partial charge on any atom is 0.0973 e. The fourth-order valence-corrected chi connectivity index (χ4v) is 2.49. The summed E-state index contributed by atoms with van der Waals surface area (Å²) in [5.74, 6) is 0. The Morgan fingerprint density at radius 2 is 2.57 bits per heavy atom. The molecule has 0 spiro atoms. The number of halogens is 1. The summed E-state index contributed by atoms with van der Waals surface area (Å²) in [5.41, 5.74) is 1.32. The van der Waals surface area contributed by atoms with Crippen LogP contribution in [0.4, 0.5) is 0 Å². The Hall–Kier alpha value is -0.0900. The van der Waals surface area contributed by atoms with Crippen LogP contribution < -0.4 is 5.32 Å². The standard InChI is InChI=1S/C10H14ClNOS/c1-10(3-4-13-7-10)12-6-8-2-5-14-9(8)11/h2,5,12H,3-4,6-7H2,1H3. The first-order valence-electron chi connectivity index (χ1n) is 4.74. The molecule has 1 aliphatic heterocycles. The number of ether oxygens (including phenoxy) is 1. The van der Waals surface area contributed by atoms with Gasteiger partial charge in [0.05, 0.1) is 10.9 Å². The average molecular weight is 232 g/mol. The van der Waals surface area contributed by atoms with Gasteiger partial charge in [-0.25, -0.2) is 0 Å². The first kappa shape index (κ1) is 10.4. The van der Waals surface area contributed by atoms with E-state index in [1.54, 1.807) is 11.3 Å². The Bertz CT molecular complexity index is 307. The van der Waals surface area contributed by atoms with E-state index >= 15 is 0 Å². The smallest absolute Gasteiger partial charge is 0.0973 e. The molecule has 0 saturated carbocycles. The fourth-order valence-electron chi connectivity index (χ4n) is 1.56. The van der Waals surface area contributed by atoms with Gasteiger partial charge in [0, 0.05) is 18.7 Å². The van der Waals surface area contributed by atoms with Crippen molar-refractivity contribution in [3.63, 3.8) is 0 Å². The van der Waals surface area contributed by atoms with Gasteiger partial charge in [-0.2, -0.15) is 0 Å². The minimum absolute atomic E-state index is 0.130. The van der Waals surface area contributed by atoms with Gasteiger partial charge in [0.25, 0.3) is 0 Å². The first-order valence-corrected chi connectivity index (χ1v) is 6.00. The van der Waals surface area contributed by atoms with Crippen molar-refractivity contribution in [2.45, 2.75) is 25.4 Å². The molecular weight excluding hydrogens is 218 g/mol. The summed E-state index contributed by atoms with van der Waals surface area (Å²) >= 11 is 7.60. The van der Waals surface area contributed by atoms with E-state index in [0.29, 0.717) is 0 Å². The zero-order valence-corrected chi connectivity index (χ0v) is 9.75. The minimum Gasteiger partial charge on any atom is -0.379 e. The molecule has 1 fully saturated rings. The second-order valence-electron chi connectivity index (χ2n) is 3.94. The fraction of sp³-hybridized carbons (Fsp3) is 0.600. The molecule has 0 aliphatic carbocycles. The predicted molar refractivity (Wildman–Crippen MR) is 60.0 cm³/mol. The highest BCUT2D eigenvalue weighted by Crippen LogP contribution is 2.24. The van der Waals surface area contributed by atoms with Gasteiger partial charge in [-0.15, -0.1) is 11.3 Å². The summed E-state index contributed by atoms with van der Waals surface area (Å²) in [6.07, 6.45) is 1.08. The monoisotopic (exact) mass is 231 g/mol. The summed E-state index contributed by atoms with van der Waals surface area (Å²) in [7, 11) is 0. The van der Waals surface area contributed by atoms with Crippen LogP contribution in [-0.2, 0) is 11.3 Å². The summed E-state index contributed by atoms with van der Waals surface area (Å²) < 4.78 is 6.26. The van der Waals surface area contributed by atoms with Crippen LogP contribution in [-0.4, -0.2) is 18.8 Å². The molecule has 0 bridgehead atoms. The number of nitrogens with one attached hydrogen (secondary N) is 1. The third kappa shape index (κ3) is 2.28. The molecule has 1 aromatic heterocycles. The molecule has 1 aromatic rings. The lowest BCUT2D eigenvalue weighted by molar-refractivity contribution is 0.171. The molecular formula is C10H14ClNOS. The summed E-state index contributed by atoms with van der Waals surface area (Å²) in [4.78, 5) is 0. The van der Waals surface area contributed by atoms with E-state index in [0.717, 1.165) is 30.5 Å². The Morgan fingerprint density at radius 3 is 3.14 bits per heavy atom. The molecule has 1 atom stereocenters. The lowest BCUT2D eigenvalue weighted by Crippen LogP contribution is -2.42. The van der Waals surface area contributed by atoms with Crippen molar-refractivity contribution in [2.24, 2.45) is 0 Å². The van der Waals surface area contributed by atoms with E-state index in [1.807, 2.05) is 5.38 Å². The summed E-state index contributed by atoms with van der Waals surface area (Å²) in [6, 6.07) is 2.07. The van der Waals surface area contributed by atoms with E-state index in [1.165, 1.54) is 5.56 Å². The maximum atomic E-state index is 6.02. The predicted octanol–water partition coefficient (Wildman–Crippen LogP) is 2.67. The maximum absolute atomic E-state index is 6.02. The van der Waals surface area contributed by atoms with E-state index in [9.17, 15) is 0 Å². The summed E-state index contributed by atoms with van der Waals surface area (Å²) in [6.45, 7) is 4.69. The van der Waals surface area contributed by atoms with Crippen molar-refractivity contribution in [3.8, 4) is 0 Å². The topological polar surface area (TPSA) is 21.3 Å². The van der Waals surface area contributed by atoms with Gasteiger partial charge in [0.2, 0.25) is 0 Å². The second-order valence-corrected chi connectivity index (χ2v) is 5.45. The Morgan fingerprint density at radius 1 is 1.71 bits per heavy atom. The third-order valence-corrected chi connectivity index (χ3v) is 3.87. The van der Waals surface area contributed by atoms with Gasteiger partial charge < -0.3 is 10.1 Å². The van der Waals surface area contributed by atoms with Gasteiger partial charge in [0.15, 0.2) is 0 Å². The molecule has 2 rings (SSSR count). The van der Waals surface area contributed by atoms with Crippen molar-refractivity contribution in [2.75, 3.05) is 13.2 Å². The Kier molecular flexibility index (Phi) is 3.12. The molecule has 1 saturated heterocycles. The molecule has 0 radical (unpaired) electrons. The number of thiophene rings is 1. The third-order valence-electron chi connectivity index (χ3n) is 2.62. The van der Waals surface area contributed by atoms with Crippen molar-refractivity contribution in [1.29, 1.82) is 0 Å². The lowest BCUT2D eigenvalue weighted by atomic mass is 10.0. The van der Waals surface area contributed by atoms with Gasteiger partial charge in [-0.1, -0.05) is 11.6 Å². The highest BCUT2D eigenvalue weighted by molar-refractivity contribution is 7.14. The molecule has 1 N–H and O–H groups in total. The van der Waals surface area contributed by atoms with Crippen molar-refractivity contribution < 1.29 is 4.74 Å². The van der Waals surface area contributed by atoms with Crippen LogP contribution in [0.1, 0.15) is 18.9 Å². The highest BCUT2D eigenvalue weighted by atomic mass is 35.5. The van der Waals surface area contributed by atoms with E-state index in [2.05, 4.69) is 18.3 Å². The molecule has 0 aromatic carbocycles. The average Bonchev–Trinajstić information content (AvgIpc) is 2.73. The largest absolute Gasteiger partial charge is 0.379 e. The Labute approximate surface area is 93.2 Å². The minimum atomic E-state index is 0.130. The molecule has 1 unspecified atom stereocenters. The SMILES string of the molecule is CC1(NCc2ccsc2Cl)CCOC1. The van der Waals surface area contributed by atoms with Crippen molar-refractivity contribution in [3.05, 3.63) is 21.3 Å². The van der Waals surface area contributed by atoms with Crippen LogP contribution in [0.25, 0.3) is 0 Å². The van der Waals surface area contributed by atoms with Crippen molar-refractivity contribution in [1.82, 2.24) is 5.32 Å². The number of hydrogen-bond donors (Lipinski definition) is 1. The van der Waals surface area contributed by atoms with Gasteiger partial charge >= 0.3 is 0 Å². The van der Waals surface area contributed by atoms with Crippen LogP contribution in [0.3, 0.4) is 0 Å². The lowest BCUT2D eigenvalue weighted by Gasteiger charge is -2.23. The van der Waals surface area contributed by atoms with Crippen LogP contribution in [0.15, 0.2) is 11.4 Å². The van der Waals surface area contributed by atoms with Crippen LogP contribution in [0, 0.1) is 0 Å². The molecule has 2 heterocycles. The number of hydrogen-bond acceptors (Lipinski definition) is 3. The highest BCUT2D eigenvalue weighted by Gasteiger charge is 2.28. The zero-order valence-electron chi connectivity index (χ0n) is 8.18. The van der Waals surface area contributed by atoms with E-state index in [-0.39, 0.29) is 5.54 Å². The summed E-state index contributed by atoms with van der Waals surface area (Å²) in [5, 5.41) is 5.52. The van der Waals surface area contributed by atoms with Crippen molar-refractivity contribution >= 4 is 22.9 Å². The molecule has 4 heteroatoms. The van der Waals surface area contributed by atoms with Crippen LogP contribution in [0.5, 0.6) is 0 Å². The van der Waals surface area contributed by atoms with Crippen LogP contribution >= 0.6 is 22.9 Å². The van der Waals surface area contributed by atoms with Gasteiger partial charge in [-0.05, 0) is 30.4 Å². The van der Waals surface area contributed by atoms with Gasteiger partial charge in [-0.3, -0.25) is 0 Å². The second kappa shape index (κ2) is 4.19. The molecule has 1 aliphatic rings. The van der Waals surface area contributed by atoms with E-state index in [4.69, 9.17) is 16.3 Å². The van der Waals surface area contributed by atoms with E-state index < -0.39 is 0 Å². The normalized spacial score (nSPS) is 27.0. The number of rotatable bonds is 3. The quantitative estimate of drug-likeness (QED) is 0.864. The molecule has 2 nitrogen and oxygen atoms in total. The van der Waals surface area contributed by atoms with Crippen LogP contribution in [0.2, 0.25) is 4.34 Å². The Balaban J connectivity index is 1.91. The first-order chi connectivity index (χ1) is 6.70.